The van der Waals surface area contributed by atoms with Crippen LogP contribution in [0.5, 0.6) is 5.75 Å². The van der Waals surface area contributed by atoms with Crippen molar-refractivity contribution in [2.45, 2.75) is 103 Å². The van der Waals surface area contributed by atoms with Gasteiger partial charge in [0, 0.05) is 42.6 Å². The summed E-state index contributed by atoms with van der Waals surface area (Å²) in [6, 6.07) is 11.8. The fourth-order valence-electron chi connectivity index (χ4n) is 7.11. The normalized spacial score (nSPS) is 20.9. The van der Waals surface area contributed by atoms with Crippen LogP contribution in [0, 0.1) is 12.7 Å². The first-order valence-electron chi connectivity index (χ1n) is 17.3. The smallest absolute Gasteiger partial charge is 0.337 e. The molecule has 1 N–H and O–H groups in total. The van der Waals surface area contributed by atoms with E-state index in [0.29, 0.717) is 66.5 Å². The molecule has 2 aromatic heterocycles. The average Bonchev–Trinajstić information content (AvgIpc) is 3.48. The fraction of sp³-hybridized carbons (Fsp3) is 0.487. The summed E-state index contributed by atoms with van der Waals surface area (Å²) in [6.45, 7) is 12.4. The van der Waals surface area contributed by atoms with Crippen LogP contribution in [0.15, 0.2) is 48.7 Å². The van der Waals surface area contributed by atoms with Crippen LogP contribution < -0.4 is 9.64 Å². The maximum Gasteiger partial charge on any atom is 0.337 e. The Balaban J connectivity index is 1.61. The van der Waals surface area contributed by atoms with E-state index in [1.54, 1.807) is 37.4 Å². The second-order valence-corrected chi connectivity index (χ2v) is 14.8. The monoisotopic (exact) mass is 693 g/mol. The minimum atomic E-state index is -2.95. The largest absolute Gasteiger partial charge is 0.490 e. The van der Waals surface area contributed by atoms with Gasteiger partial charge in [-0.25, -0.2) is 22.9 Å². The summed E-state index contributed by atoms with van der Waals surface area (Å²) in [5.41, 5.74) is 0.956. The Morgan fingerprint density at radius 3 is 2.48 bits per heavy atom. The Morgan fingerprint density at radius 2 is 1.80 bits per heavy atom. The van der Waals surface area contributed by atoms with Gasteiger partial charge in [0.05, 0.1) is 28.6 Å². The maximum absolute atomic E-state index is 15.1. The van der Waals surface area contributed by atoms with Crippen LogP contribution in [-0.2, 0) is 14.3 Å². The standard InChI is InChI=1S/C39H46F3N3O5/c1-23-10-7-8-19-48-39(6)15-17-44(18-16-39)36-31(33(37(46)47)50-38(3,4)5)24(2)32(34(41)42)35-43-29(22-45(35)36)26-12-9-11-25(20-26)28-21-27(40)13-14-30(28)49-23/h9,11-14,20-23,33-34H,7-8,10,15-19H2,1-6H3,(H,46,47)/t23-,33+/m1/s1. The molecule has 0 amide bonds. The number of aliphatic carboxylic acids is 1. The molecule has 0 aliphatic carbocycles. The van der Waals surface area contributed by atoms with Crippen molar-refractivity contribution in [1.82, 2.24) is 9.38 Å². The van der Waals surface area contributed by atoms with E-state index in [9.17, 15) is 14.3 Å². The molecule has 3 aliphatic rings. The first-order valence-corrected chi connectivity index (χ1v) is 17.3. The lowest BCUT2D eigenvalue weighted by atomic mass is 9.91. The summed E-state index contributed by atoms with van der Waals surface area (Å²) in [5, 5.41) is 10.5. The number of halogens is 3. The number of carbonyl (C=O) groups is 1. The summed E-state index contributed by atoms with van der Waals surface area (Å²) in [7, 11) is 0. The molecule has 2 aromatic carbocycles. The van der Waals surface area contributed by atoms with Crippen molar-refractivity contribution in [3.8, 4) is 28.1 Å². The summed E-state index contributed by atoms with van der Waals surface area (Å²) in [4.78, 5) is 19.8. The molecule has 3 aliphatic heterocycles. The van der Waals surface area contributed by atoms with Crippen LogP contribution in [-0.4, -0.2) is 57.5 Å². The number of rotatable bonds is 4. The van der Waals surface area contributed by atoms with Crippen molar-refractivity contribution in [2.24, 2.45) is 0 Å². The summed E-state index contributed by atoms with van der Waals surface area (Å²) < 4.78 is 65.4. The zero-order valence-corrected chi connectivity index (χ0v) is 29.6. The summed E-state index contributed by atoms with van der Waals surface area (Å²) >= 11 is 0. The fourth-order valence-corrected chi connectivity index (χ4v) is 7.11. The molecule has 8 nitrogen and oxygen atoms in total. The number of piperidine rings is 1. The first-order chi connectivity index (χ1) is 23.6. The number of imidazole rings is 1. The third-order valence-electron chi connectivity index (χ3n) is 9.72. The molecule has 0 spiro atoms. The molecule has 5 heterocycles. The van der Waals surface area contributed by atoms with E-state index in [2.05, 4.69) is 11.8 Å². The van der Waals surface area contributed by atoms with Gasteiger partial charge in [-0.3, -0.25) is 4.40 Å². The van der Waals surface area contributed by atoms with Crippen molar-refractivity contribution in [1.29, 1.82) is 0 Å². The SMILES string of the molecule is Cc1c([C@H](OC(C)(C)C)C(=O)O)c2n3cc(nc3c1C(F)F)-c1cccc(c1)-c1cc(F)ccc1O[C@H](C)CCCCOC1(C)CCN2CC1. The Bertz CT molecular complexity index is 1880. The van der Waals surface area contributed by atoms with Gasteiger partial charge in [0.25, 0.3) is 6.43 Å². The van der Waals surface area contributed by atoms with Gasteiger partial charge < -0.3 is 24.2 Å². The lowest BCUT2D eigenvalue weighted by molar-refractivity contribution is -0.160. The average molecular weight is 694 g/mol. The number of ether oxygens (including phenoxy) is 3. The summed E-state index contributed by atoms with van der Waals surface area (Å²) in [5.74, 6) is -0.692. The molecule has 1 saturated heterocycles. The maximum atomic E-state index is 15.1. The van der Waals surface area contributed by atoms with Gasteiger partial charge in [-0.2, -0.15) is 0 Å². The molecule has 4 aromatic rings. The first kappa shape index (κ1) is 35.7. The number of pyridine rings is 1. The van der Waals surface area contributed by atoms with Crippen LogP contribution in [0.25, 0.3) is 28.0 Å². The van der Waals surface area contributed by atoms with E-state index in [1.165, 1.54) is 19.1 Å². The van der Waals surface area contributed by atoms with Crippen LogP contribution in [0.4, 0.5) is 19.0 Å². The van der Waals surface area contributed by atoms with E-state index >= 15 is 8.78 Å². The number of carboxylic acid groups (broad SMARTS) is 1. The predicted molar refractivity (Wildman–Crippen MR) is 187 cm³/mol. The number of aromatic nitrogens is 2. The lowest BCUT2D eigenvalue weighted by Crippen LogP contribution is -2.45. The van der Waals surface area contributed by atoms with Gasteiger partial charge in [0.2, 0.25) is 0 Å². The van der Waals surface area contributed by atoms with Crippen LogP contribution in [0.3, 0.4) is 0 Å². The highest BCUT2D eigenvalue weighted by Gasteiger charge is 2.39. The van der Waals surface area contributed by atoms with Gasteiger partial charge in [0.1, 0.15) is 23.0 Å². The summed E-state index contributed by atoms with van der Waals surface area (Å²) in [6.07, 6.45) is 0.914. The van der Waals surface area contributed by atoms with Gasteiger partial charge in [0.15, 0.2) is 6.10 Å². The van der Waals surface area contributed by atoms with Crippen molar-refractivity contribution in [3.63, 3.8) is 0 Å². The molecular formula is C39H46F3N3O5. The Morgan fingerprint density at radius 1 is 1.08 bits per heavy atom. The van der Waals surface area contributed by atoms with Crippen LogP contribution in [0.1, 0.15) is 95.9 Å². The molecule has 2 atom stereocenters. The third-order valence-corrected chi connectivity index (χ3v) is 9.72. The molecule has 0 unspecified atom stereocenters. The number of hydrogen-bond acceptors (Lipinski definition) is 6. The van der Waals surface area contributed by atoms with Crippen LogP contribution >= 0.6 is 0 Å². The predicted octanol–water partition coefficient (Wildman–Crippen LogP) is 9.32. The van der Waals surface area contributed by atoms with E-state index in [1.807, 2.05) is 31.2 Å². The highest BCUT2D eigenvalue weighted by Crippen LogP contribution is 2.44. The molecule has 50 heavy (non-hydrogen) atoms. The number of hydrogen-bond donors (Lipinski definition) is 1. The molecule has 268 valence electrons. The molecule has 0 radical (unpaired) electrons. The topological polar surface area (TPSA) is 85.5 Å². The third kappa shape index (κ3) is 7.35. The van der Waals surface area contributed by atoms with Gasteiger partial charge in [-0.1, -0.05) is 18.2 Å². The number of benzene rings is 2. The molecular weight excluding hydrogens is 647 g/mol. The van der Waals surface area contributed by atoms with Gasteiger partial charge >= 0.3 is 5.97 Å². The molecule has 11 heteroatoms. The molecule has 1 fully saturated rings. The highest BCUT2D eigenvalue weighted by atomic mass is 19.3. The van der Waals surface area contributed by atoms with E-state index in [-0.39, 0.29) is 28.4 Å². The number of alkyl halides is 2. The Kier molecular flexibility index (Phi) is 9.94. The second-order valence-electron chi connectivity index (χ2n) is 14.8. The lowest BCUT2D eigenvalue weighted by Gasteiger charge is -2.42. The number of nitrogens with zero attached hydrogens (tertiary/aromatic N) is 3. The van der Waals surface area contributed by atoms with Crippen molar-refractivity contribution < 1.29 is 37.3 Å². The van der Waals surface area contributed by atoms with Gasteiger partial charge in [-0.15, -0.1) is 0 Å². The van der Waals surface area contributed by atoms with E-state index in [0.717, 1.165) is 19.3 Å². The number of fused-ring (bicyclic) bond motifs is 8. The zero-order valence-electron chi connectivity index (χ0n) is 29.6. The van der Waals surface area contributed by atoms with Crippen molar-refractivity contribution in [3.05, 3.63) is 71.2 Å². The minimum absolute atomic E-state index is 0.0376. The molecule has 7 rings (SSSR count). The minimum Gasteiger partial charge on any atom is -0.490 e. The number of carboxylic acids is 1. The van der Waals surface area contributed by atoms with Crippen LogP contribution in [0.2, 0.25) is 0 Å². The van der Waals surface area contributed by atoms with Crippen molar-refractivity contribution in [2.75, 3.05) is 24.6 Å². The van der Waals surface area contributed by atoms with Crippen molar-refractivity contribution >= 4 is 17.4 Å². The zero-order chi connectivity index (χ0) is 36.0. The molecule has 0 saturated carbocycles. The van der Waals surface area contributed by atoms with E-state index in [4.69, 9.17) is 19.2 Å². The Hall–Kier alpha value is -4.09. The number of anilines is 1. The van der Waals surface area contributed by atoms with E-state index < -0.39 is 35.5 Å². The second kappa shape index (κ2) is 13.9. The Labute approximate surface area is 291 Å². The molecule has 6 bridgehead atoms. The van der Waals surface area contributed by atoms with Gasteiger partial charge in [-0.05, 0) is 109 Å². The highest BCUT2D eigenvalue weighted by molar-refractivity contribution is 5.82. The quantitative estimate of drug-likeness (QED) is 0.228.